The van der Waals surface area contributed by atoms with Gasteiger partial charge >= 0.3 is 0 Å². The first kappa shape index (κ1) is 17.1. The van der Waals surface area contributed by atoms with Gasteiger partial charge in [-0.2, -0.15) is 17.7 Å². The molecule has 3 aromatic carbocycles. The average Bonchev–Trinajstić information content (AvgIpc) is 3.33. The summed E-state index contributed by atoms with van der Waals surface area (Å²) < 4.78 is 0. The molecule has 0 saturated carbocycles. The predicted molar refractivity (Wildman–Crippen MR) is 112 cm³/mol. The van der Waals surface area contributed by atoms with Crippen LogP contribution >= 0.6 is 7.92 Å². The van der Waals surface area contributed by atoms with Gasteiger partial charge < -0.3 is 4.90 Å². The molecule has 2 atom stereocenters. The monoisotopic (exact) mass is 360 g/mol. The van der Waals surface area contributed by atoms with E-state index in [1.165, 1.54) is 26.4 Å². The van der Waals surface area contributed by atoms with Crippen molar-refractivity contribution in [3.05, 3.63) is 96.8 Å². The van der Waals surface area contributed by atoms with Gasteiger partial charge in [0.25, 0.3) is 0 Å². The third-order valence-corrected chi connectivity index (χ3v) is 7.54. The van der Waals surface area contributed by atoms with Crippen molar-refractivity contribution in [1.29, 1.82) is 0 Å². The zero-order valence-corrected chi connectivity index (χ0v) is 16.2. The summed E-state index contributed by atoms with van der Waals surface area (Å²) >= 11 is 0. The van der Waals surface area contributed by atoms with Crippen LogP contribution in [-0.4, -0.2) is 18.6 Å². The minimum atomic E-state index is -0.545. The molecular weight excluding hydrogens is 335 g/mol. The van der Waals surface area contributed by atoms with Gasteiger partial charge in [-0.05, 0) is 18.5 Å². The van der Waals surface area contributed by atoms with Crippen molar-refractivity contribution in [3.63, 3.8) is 0 Å². The van der Waals surface area contributed by atoms with Crippen molar-refractivity contribution in [1.82, 2.24) is 4.90 Å². The van der Waals surface area contributed by atoms with E-state index in [1.54, 1.807) is 0 Å². The summed E-state index contributed by atoms with van der Waals surface area (Å²) in [6.07, 6.45) is 4.47. The van der Waals surface area contributed by atoms with Gasteiger partial charge in [0.1, 0.15) is 6.20 Å². The fourth-order valence-electron chi connectivity index (χ4n) is 3.62. The van der Waals surface area contributed by atoms with Crippen LogP contribution < -0.4 is 20.8 Å². The highest BCUT2D eigenvalue weighted by atomic mass is 31.1. The number of quaternary nitrogens is 1. The second kappa shape index (κ2) is 7.53. The molecule has 0 aromatic heterocycles. The van der Waals surface area contributed by atoms with E-state index in [9.17, 15) is 0 Å². The molecule has 132 valence electrons. The molecule has 0 spiro atoms. The van der Waals surface area contributed by atoms with Crippen LogP contribution in [0.5, 0.6) is 0 Å². The Hall–Kier alpha value is -2.28. The molecular formula is C23H25N2P. The number of nitrogens with one attached hydrogen (secondary N) is 1. The molecule has 1 unspecified atom stereocenters. The third-order valence-electron chi connectivity index (χ3n) is 5.03. The molecule has 0 fully saturated rings. The standard InChI is InChI=1S/C23H24N2P/c1-19(25-17-16-24(2)18-25)22-14-9-15-23(22)26(20-10-5-3-6-11-20)21-12-7-4-8-13-21/h3-17,19H,18H2,1-2H3/q-1/p+1/t19-/m1/s1. The second-order valence-electron chi connectivity index (χ2n) is 6.88. The van der Waals surface area contributed by atoms with Crippen LogP contribution in [-0.2, 0) is 0 Å². The fourth-order valence-corrected chi connectivity index (χ4v) is 6.17. The minimum absolute atomic E-state index is 0.381. The van der Waals surface area contributed by atoms with Gasteiger partial charge in [-0.15, -0.1) is 5.30 Å². The molecule has 3 aromatic rings. The van der Waals surface area contributed by atoms with Gasteiger partial charge in [-0.1, -0.05) is 67.6 Å². The van der Waals surface area contributed by atoms with E-state index in [4.69, 9.17) is 0 Å². The van der Waals surface area contributed by atoms with Crippen LogP contribution in [0.25, 0.3) is 0 Å². The van der Waals surface area contributed by atoms with Gasteiger partial charge in [-0.25, -0.2) is 6.07 Å². The zero-order valence-electron chi connectivity index (χ0n) is 15.3. The van der Waals surface area contributed by atoms with Gasteiger partial charge in [0.2, 0.25) is 0 Å². The van der Waals surface area contributed by atoms with Crippen molar-refractivity contribution in [2.45, 2.75) is 13.0 Å². The van der Waals surface area contributed by atoms with E-state index in [-0.39, 0.29) is 0 Å². The number of rotatable bonds is 5. The Kier molecular flexibility index (Phi) is 4.97. The summed E-state index contributed by atoms with van der Waals surface area (Å²) in [6, 6.07) is 29.1. The average molecular weight is 360 g/mol. The number of benzene rings is 2. The van der Waals surface area contributed by atoms with E-state index < -0.39 is 7.92 Å². The van der Waals surface area contributed by atoms with E-state index in [0.717, 1.165) is 6.67 Å². The summed E-state index contributed by atoms with van der Waals surface area (Å²) in [6.45, 7) is 3.35. The van der Waals surface area contributed by atoms with Gasteiger partial charge in [0.05, 0.1) is 13.2 Å². The lowest BCUT2D eigenvalue weighted by molar-refractivity contribution is -0.827. The Labute approximate surface area is 157 Å². The molecule has 1 heterocycles. The zero-order chi connectivity index (χ0) is 17.9. The van der Waals surface area contributed by atoms with Gasteiger partial charge in [0, 0.05) is 6.04 Å². The summed E-state index contributed by atoms with van der Waals surface area (Å²) in [4.78, 5) is 3.87. The molecule has 1 N–H and O–H groups in total. The van der Waals surface area contributed by atoms with Crippen molar-refractivity contribution < 1.29 is 4.90 Å². The lowest BCUT2D eigenvalue weighted by atomic mass is 10.1. The van der Waals surface area contributed by atoms with Crippen molar-refractivity contribution >= 4 is 23.8 Å². The van der Waals surface area contributed by atoms with E-state index in [0.29, 0.717) is 6.04 Å². The first-order chi connectivity index (χ1) is 12.7. The Morgan fingerprint density at radius 2 is 1.58 bits per heavy atom. The van der Waals surface area contributed by atoms with Crippen molar-refractivity contribution in [2.24, 2.45) is 0 Å². The first-order valence-corrected chi connectivity index (χ1v) is 10.5. The molecule has 1 aliphatic heterocycles. The lowest BCUT2D eigenvalue weighted by Crippen LogP contribution is -3.03. The Bertz CT molecular complexity index is 830. The van der Waals surface area contributed by atoms with Gasteiger partial charge in [0.15, 0.2) is 6.67 Å². The minimum Gasteiger partial charge on any atom is -0.332 e. The number of nitrogens with zero attached hydrogens (tertiary/aromatic N) is 1. The Morgan fingerprint density at radius 3 is 2.12 bits per heavy atom. The van der Waals surface area contributed by atoms with Crippen LogP contribution in [0, 0.1) is 0 Å². The van der Waals surface area contributed by atoms with Crippen LogP contribution in [0.15, 0.2) is 91.3 Å². The quantitative estimate of drug-likeness (QED) is 0.543. The van der Waals surface area contributed by atoms with E-state index >= 15 is 0 Å². The second-order valence-corrected chi connectivity index (χ2v) is 9.07. The highest BCUT2D eigenvalue weighted by Gasteiger charge is 2.21. The van der Waals surface area contributed by atoms with Crippen molar-refractivity contribution in [3.8, 4) is 0 Å². The fraction of sp³-hybridized carbons (Fsp3) is 0.174. The number of hydrogen-bond donors (Lipinski definition) is 1. The summed E-state index contributed by atoms with van der Waals surface area (Å²) in [5, 5.41) is 4.30. The largest absolute Gasteiger partial charge is 0.332 e. The van der Waals surface area contributed by atoms with Gasteiger partial charge in [-0.3, -0.25) is 4.90 Å². The molecule has 3 heteroatoms. The molecule has 1 aliphatic rings. The SMILES string of the molecule is C[C@H](c1cc[cH-]c1P(c1ccccc1)c1ccccc1)N1C=C[NH+](C)C1. The summed E-state index contributed by atoms with van der Waals surface area (Å²) in [7, 11) is 1.66. The molecule has 4 rings (SSSR count). The van der Waals surface area contributed by atoms with Crippen LogP contribution in [0.1, 0.15) is 18.5 Å². The van der Waals surface area contributed by atoms with Crippen molar-refractivity contribution in [2.75, 3.05) is 13.7 Å². The maximum atomic E-state index is 2.44. The van der Waals surface area contributed by atoms with E-state index in [2.05, 4.69) is 110 Å². The Morgan fingerprint density at radius 1 is 0.962 bits per heavy atom. The summed E-state index contributed by atoms with van der Waals surface area (Å²) in [5.41, 5.74) is 1.45. The molecule has 2 nitrogen and oxygen atoms in total. The van der Waals surface area contributed by atoms with E-state index in [1.807, 2.05) is 0 Å². The predicted octanol–water partition coefficient (Wildman–Crippen LogP) is 2.48. The smallest absolute Gasteiger partial charge is 0.156 e. The molecule has 0 aliphatic carbocycles. The van der Waals surface area contributed by atoms with Crippen LogP contribution in [0.4, 0.5) is 0 Å². The molecule has 0 amide bonds. The topological polar surface area (TPSA) is 7.68 Å². The third kappa shape index (κ3) is 3.35. The molecule has 0 saturated heterocycles. The first-order valence-electron chi connectivity index (χ1n) is 9.16. The maximum absolute atomic E-state index is 2.44. The van der Waals surface area contributed by atoms with Crippen LogP contribution in [0.3, 0.4) is 0 Å². The normalized spacial score (nSPS) is 17.8. The highest BCUT2D eigenvalue weighted by molar-refractivity contribution is 7.79. The Balaban J connectivity index is 1.76. The molecule has 0 radical (unpaired) electrons. The molecule has 0 bridgehead atoms. The highest BCUT2D eigenvalue weighted by Crippen LogP contribution is 2.37. The summed E-state index contributed by atoms with van der Waals surface area (Å²) in [5.74, 6) is 0. The lowest BCUT2D eigenvalue weighted by Gasteiger charge is -2.32. The maximum Gasteiger partial charge on any atom is 0.156 e. The van der Waals surface area contributed by atoms with Crippen LogP contribution in [0.2, 0.25) is 0 Å². The number of hydrogen-bond acceptors (Lipinski definition) is 1. The molecule has 26 heavy (non-hydrogen) atoms.